The van der Waals surface area contributed by atoms with Crippen molar-refractivity contribution in [1.29, 1.82) is 0 Å². The van der Waals surface area contributed by atoms with Gasteiger partial charge in [0.1, 0.15) is 4.90 Å². The molecule has 2 saturated heterocycles. The van der Waals surface area contributed by atoms with Crippen molar-refractivity contribution >= 4 is 21.4 Å². The van der Waals surface area contributed by atoms with Gasteiger partial charge < -0.3 is 15.4 Å². The zero-order valence-corrected chi connectivity index (χ0v) is 13.5. The average molecular weight is 325 g/mol. The largest absolute Gasteiger partial charge is 0.399 e. The Morgan fingerprint density at radius 2 is 1.68 bits per heavy atom. The van der Waals surface area contributed by atoms with Crippen LogP contribution in [0.2, 0.25) is 0 Å². The van der Waals surface area contributed by atoms with E-state index in [1.54, 1.807) is 16.4 Å². The molecule has 0 atom stereocenters. The Balaban J connectivity index is 1.98. The minimum atomic E-state index is -3.49. The number of benzene rings is 1. The van der Waals surface area contributed by atoms with Gasteiger partial charge in [0, 0.05) is 31.9 Å². The van der Waals surface area contributed by atoms with Crippen LogP contribution >= 0.6 is 0 Å². The lowest BCUT2D eigenvalue weighted by molar-refractivity contribution is 0.122. The second-order valence-electron chi connectivity index (χ2n) is 5.79. The summed E-state index contributed by atoms with van der Waals surface area (Å²) in [5, 5.41) is 0. The molecule has 0 amide bonds. The zero-order chi connectivity index (χ0) is 15.6. The molecular weight excluding hydrogens is 302 g/mol. The second-order valence-corrected chi connectivity index (χ2v) is 7.70. The van der Waals surface area contributed by atoms with Crippen molar-refractivity contribution in [3.63, 3.8) is 0 Å². The van der Waals surface area contributed by atoms with Gasteiger partial charge in [0.25, 0.3) is 0 Å². The van der Waals surface area contributed by atoms with Crippen molar-refractivity contribution in [2.75, 3.05) is 50.0 Å². The fraction of sp³-hybridized carbons (Fsp3) is 0.600. The molecule has 0 radical (unpaired) electrons. The van der Waals surface area contributed by atoms with Crippen LogP contribution in [0.1, 0.15) is 19.3 Å². The maximum Gasteiger partial charge on any atom is 0.245 e. The Kier molecular flexibility index (Phi) is 4.56. The van der Waals surface area contributed by atoms with Crippen LogP contribution in [0.4, 0.5) is 11.4 Å². The van der Waals surface area contributed by atoms with Crippen LogP contribution in [0.5, 0.6) is 0 Å². The molecule has 1 aromatic carbocycles. The van der Waals surface area contributed by atoms with E-state index in [0.29, 0.717) is 50.0 Å². The third-order valence-corrected chi connectivity index (χ3v) is 6.20. The predicted molar refractivity (Wildman–Crippen MR) is 86.5 cm³/mol. The quantitative estimate of drug-likeness (QED) is 0.847. The summed E-state index contributed by atoms with van der Waals surface area (Å²) in [6.45, 7) is 3.83. The highest BCUT2D eigenvalue weighted by atomic mass is 32.2. The highest BCUT2D eigenvalue weighted by Crippen LogP contribution is 2.31. The summed E-state index contributed by atoms with van der Waals surface area (Å²) in [4.78, 5) is 2.40. The smallest absolute Gasteiger partial charge is 0.245 e. The number of nitrogens with zero attached hydrogens (tertiary/aromatic N) is 2. The van der Waals surface area contributed by atoms with Crippen molar-refractivity contribution in [2.24, 2.45) is 0 Å². The molecule has 0 bridgehead atoms. The molecule has 122 valence electrons. The van der Waals surface area contributed by atoms with Gasteiger partial charge in [-0.05, 0) is 31.0 Å². The van der Waals surface area contributed by atoms with Crippen molar-refractivity contribution in [2.45, 2.75) is 24.2 Å². The Hall–Kier alpha value is -1.31. The number of ether oxygens (including phenoxy) is 1. The Labute approximate surface area is 131 Å². The summed E-state index contributed by atoms with van der Waals surface area (Å²) >= 11 is 0. The molecule has 0 unspecified atom stereocenters. The summed E-state index contributed by atoms with van der Waals surface area (Å²) < 4.78 is 33.0. The number of morpholine rings is 1. The van der Waals surface area contributed by atoms with Crippen molar-refractivity contribution in [1.82, 2.24) is 4.31 Å². The van der Waals surface area contributed by atoms with Crippen molar-refractivity contribution in [3.05, 3.63) is 18.2 Å². The molecule has 2 aliphatic heterocycles. The molecule has 22 heavy (non-hydrogen) atoms. The number of hydrogen-bond acceptors (Lipinski definition) is 5. The van der Waals surface area contributed by atoms with Crippen LogP contribution in [0.15, 0.2) is 23.1 Å². The second kappa shape index (κ2) is 6.44. The molecule has 3 rings (SSSR count). The molecule has 2 aliphatic rings. The highest BCUT2D eigenvalue weighted by Gasteiger charge is 2.30. The lowest BCUT2D eigenvalue weighted by atomic mass is 10.2. The first kappa shape index (κ1) is 15.6. The van der Waals surface area contributed by atoms with E-state index in [1.807, 2.05) is 6.07 Å². The number of nitrogens with two attached hydrogens (primary N) is 1. The van der Waals surface area contributed by atoms with Crippen LogP contribution in [0.3, 0.4) is 0 Å². The molecule has 7 heteroatoms. The van der Waals surface area contributed by atoms with Crippen LogP contribution < -0.4 is 10.6 Å². The van der Waals surface area contributed by atoms with E-state index in [9.17, 15) is 8.42 Å². The van der Waals surface area contributed by atoms with E-state index in [1.165, 1.54) is 0 Å². The van der Waals surface area contributed by atoms with Crippen molar-refractivity contribution in [3.8, 4) is 0 Å². The van der Waals surface area contributed by atoms with Crippen LogP contribution in [0, 0.1) is 0 Å². The van der Waals surface area contributed by atoms with Gasteiger partial charge in [0.05, 0.1) is 18.9 Å². The third-order valence-electron chi connectivity index (χ3n) is 4.27. The standard InChI is InChI=1S/C15H23N3O3S/c16-13-4-5-14(17-8-10-21-11-9-17)15(12-13)22(19,20)18-6-2-1-3-7-18/h4-5,12H,1-3,6-11,16H2. The molecule has 1 aromatic rings. The van der Waals surface area contributed by atoms with E-state index in [2.05, 4.69) is 4.90 Å². The number of nitrogen functional groups attached to an aromatic ring is 1. The van der Waals surface area contributed by atoms with E-state index in [0.717, 1.165) is 24.9 Å². The van der Waals surface area contributed by atoms with Gasteiger partial charge >= 0.3 is 0 Å². The minimum Gasteiger partial charge on any atom is -0.399 e. The fourth-order valence-electron chi connectivity index (χ4n) is 3.05. The van der Waals surface area contributed by atoms with E-state index < -0.39 is 10.0 Å². The summed E-state index contributed by atoms with van der Waals surface area (Å²) in [6, 6.07) is 5.17. The summed E-state index contributed by atoms with van der Waals surface area (Å²) in [5.74, 6) is 0. The van der Waals surface area contributed by atoms with E-state index in [4.69, 9.17) is 10.5 Å². The Bertz CT molecular complexity index is 621. The molecule has 6 nitrogen and oxygen atoms in total. The number of sulfonamides is 1. The molecule has 2 fully saturated rings. The fourth-order valence-corrected chi connectivity index (χ4v) is 4.81. The predicted octanol–water partition coefficient (Wildman–Crippen LogP) is 1.28. The Morgan fingerprint density at radius 1 is 1.00 bits per heavy atom. The van der Waals surface area contributed by atoms with Gasteiger partial charge in [-0.3, -0.25) is 0 Å². The highest BCUT2D eigenvalue weighted by molar-refractivity contribution is 7.89. The normalized spacial score (nSPS) is 21.0. The lowest BCUT2D eigenvalue weighted by Gasteiger charge is -2.32. The lowest BCUT2D eigenvalue weighted by Crippen LogP contribution is -2.39. The zero-order valence-electron chi connectivity index (χ0n) is 12.7. The van der Waals surface area contributed by atoms with Gasteiger partial charge in [-0.1, -0.05) is 6.42 Å². The minimum absolute atomic E-state index is 0.330. The van der Waals surface area contributed by atoms with Gasteiger partial charge in [-0.2, -0.15) is 4.31 Å². The van der Waals surface area contributed by atoms with E-state index >= 15 is 0 Å². The number of piperidine rings is 1. The molecule has 0 aromatic heterocycles. The maximum absolute atomic E-state index is 13.0. The van der Waals surface area contributed by atoms with Gasteiger partial charge in [0.15, 0.2) is 0 Å². The third kappa shape index (κ3) is 3.06. The van der Waals surface area contributed by atoms with Crippen LogP contribution in [0.25, 0.3) is 0 Å². The molecule has 0 saturated carbocycles. The first-order valence-corrected chi connectivity index (χ1v) is 9.25. The first-order chi connectivity index (χ1) is 10.6. The first-order valence-electron chi connectivity index (χ1n) is 7.81. The van der Waals surface area contributed by atoms with Gasteiger partial charge in [-0.25, -0.2) is 8.42 Å². The maximum atomic E-state index is 13.0. The summed E-state index contributed by atoms with van der Waals surface area (Å²) in [6.07, 6.45) is 2.95. The Morgan fingerprint density at radius 3 is 2.36 bits per heavy atom. The average Bonchev–Trinajstić information content (AvgIpc) is 2.56. The SMILES string of the molecule is Nc1ccc(N2CCOCC2)c(S(=O)(=O)N2CCCCC2)c1. The van der Waals surface area contributed by atoms with Gasteiger partial charge in [-0.15, -0.1) is 0 Å². The number of hydrogen-bond donors (Lipinski definition) is 1. The van der Waals surface area contributed by atoms with Crippen LogP contribution in [-0.4, -0.2) is 52.1 Å². The van der Waals surface area contributed by atoms with Crippen LogP contribution in [-0.2, 0) is 14.8 Å². The van der Waals surface area contributed by atoms with Gasteiger partial charge in [0.2, 0.25) is 10.0 Å². The molecule has 2 N–H and O–H groups in total. The van der Waals surface area contributed by atoms with Crippen molar-refractivity contribution < 1.29 is 13.2 Å². The molecule has 0 aliphatic carbocycles. The topological polar surface area (TPSA) is 75.9 Å². The monoisotopic (exact) mass is 325 g/mol. The van der Waals surface area contributed by atoms with E-state index in [-0.39, 0.29) is 0 Å². The number of rotatable bonds is 3. The summed E-state index contributed by atoms with van der Waals surface area (Å²) in [5.41, 5.74) is 7.08. The molecule has 0 spiro atoms. The molecular formula is C15H23N3O3S. The summed E-state index contributed by atoms with van der Waals surface area (Å²) in [7, 11) is -3.49. The molecule has 2 heterocycles. The number of anilines is 2.